The molecule has 0 bridgehead atoms. The van der Waals surface area contributed by atoms with Crippen LogP contribution in [-0.4, -0.2) is 17.7 Å². The number of rotatable bonds is 4. The fraction of sp³-hybridized carbons (Fsp3) is 0.538. The normalized spacial score (nSPS) is 24.9. The monoisotopic (exact) mass is 259 g/mol. The van der Waals surface area contributed by atoms with E-state index in [-0.39, 0.29) is 6.54 Å². The minimum atomic E-state index is -4.37. The van der Waals surface area contributed by atoms with Gasteiger partial charge in [0, 0.05) is 12.6 Å². The molecule has 0 amide bonds. The first-order chi connectivity index (χ1) is 8.38. The third kappa shape index (κ3) is 3.23. The van der Waals surface area contributed by atoms with Crippen molar-refractivity contribution in [3.8, 4) is 0 Å². The zero-order chi connectivity index (χ0) is 13.3. The first-order valence-electron chi connectivity index (χ1n) is 5.96. The van der Waals surface area contributed by atoms with Crippen LogP contribution in [0.5, 0.6) is 0 Å². The molecule has 0 heterocycles. The van der Waals surface area contributed by atoms with Crippen molar-refractivity contribution in [2.75, 3.05) is 6.54 Å². The molecule has 1 aromatic carbocycles. The van der Waals surface area contributed by atoms with Crippen LogP contribution in [0.3, 0.4) is 0 Å². The summed E-state index contributed by atoms with van der Waals surface area (Å²) in [4.78, 5) is 0. The molecule has 2 rings (SSSR count). The van der Waals surface area contributed by atoms with E-state index in [1.807, 2.05) is 0 Å². The minimum absolute atomic E-state index is 0.288. The number of hydrogen-bond acceptors (Lipinski definition) is 2. The molecule has 1 aliphatic rings. The van der Waals surface area contributed by atoms with Crippen molar-refractivity contribution < 1.29 is 18.3 Å². The quantitative estimate of drug-likeness (QED) is 0.871. The third-order valence-corrected chi connectivity index (χ3v) is 3.28. The second-order valence-corrected chi connectivity index (χ2v) is 4.87. The maximum atomic E-state index is 12.5. The Kier molecular flexibility index (Phi) is 3.64. The molecular formula is C13H16F3NO. The fourth-order valence-electron chi connectivity index (χ4n) is 1.91. The van der Waals surface area contributed by atoms with Crippen LogP contribution >= 0.6 is 0 Å². The molecule has 1 saturated carbocycles. The molecule has 100 valence electrons. The largest absolute Gasteiger partial charge is 0.416 e. The number of hydrogen-bond donors (Lipinski definition) is 2. The van der Waals surface area contributed by atoms with Crippen LogP contribution in [0.4, 0.5) is 13.2 Å². The number of halogens is 3. The summed E-state index contributed by atoms with van der Waals surface area (Å²) in [5.41, 5.74) is -0.426. The second kappa shape index (κ2) is 4.90. The SMILES string of the molecule is CC1CC1NCC(O)c1cccc(C(F)(F)F)c1. The van der Waals surface area contributed by atoms with E-state index in [1.54, 1.807) is 0 Å². The number of nitrogens with one attached hydrogen (secondary N) is 1. The number of aliphatic hydroxyl groups excluding tert-OH is 1. The lowest BCUT2D eigenvalue weighted by Crippen LogP contribution is -2.24. The van der Waals surface area contributed by atoms with Crippen molar-refractivity contribution in [2.24, 2.45) is 5.92 Å². The molecule has 2 nitrogen and oxygen atoms in total. The second-order valence-electron chi connectivity index (χ2n) is 4.87. The average molecular weight is 259 g/mol. The summed E-state index contributed by atoms with van der Waals surface area (Å²) >= 11 is 0. The molecule has 2 N–H and O–H groups in total. The van der Waals surface area contributed by atoms with E-state index in [4.69, 9.17) is 0 Å². The van der Waals surface area contributed by atoms with E-state index in [2.05, 4.69) is 12.2 Å². The topological polar surface area (TPSA) is 32.3 Å². The molecule has 0 aromatic heterocycles. The highest BCUT2D eigenvalue weighted by molar-refractivity contribution is 5.27. The molecule has 1 fully saturated rings. The van der Waals surface area contributed by atoms with E-state index in [0.717, 1.165) is 18.6 Å². The standard InChI is InChI=1S/C13H16F3NO/c1-8-5-11(8)17-7-12(18)9-3-2-4-10(6-9)13(14,15)16/h2-4,6,8,11-12,17-18H,5,7H2,1H3. The van der Waals surface area contributed by atoms with Gasteiger partial charge in [0.1, 0.15) is 0 Å². The summed E-state index contributed by atoms with van der Waals surface area (Å²) < 4.78 is 37.5. The third-order valence-electron chi connectivity index (χ3n) is 3.28. The van der Waals surface area contributed by atoms with Gasteiger partial charge in [-0.25, -0.2) is 0 Å². The molecule has 1 aromatic rings. The maximum Gasteiger partial charge on any atom is 0.416 e. The molecule has 0 saturated heterocycles. The van der Waals surface area contributed by atoms with Crippen molar-refractivity contribution in [3.63, 3.8) is 0 Å². The van der Waals surface area contributed by atoms with Gasteiger partial charge in [-0.2, -0.15) is 13.2 Å². The Hall–Kier alpha value is -1.07. The Balaban J connectivity index is 1.99. The molecular weight excluding hydrogens is 243 g/mol. The van der Waals surface area contributed by atoms with E-state index in [9.17, 15) is 18.3 Å². The van der Waals surface area contributed by atoms with Gasteiger partial charge in [0.25, 0.3) is 0 Å². The van der Waals surface area contributed by atoms with Gasteiger partial charge in [0.05, 0.1) is 11.7 Å². The van der Waals surface area contributed by atoms with Gasteiger partial charge in [0.2, 0.25) is 0 Å². The summed E-state index contributed by atoms with van der Waals surface area (Å²) in [6.07, 6.45) is -4.20. The zero-order valence-corrected chi connectivity index (χ0v) is 10.0. The van der Waals surface area contributed by atoms with E-state index >= 15 is 0 Å². The Morgan fingerprint density at radius 2 is 2.11 bits per heavy atom. The van der Waals surface area contributed by atoms with Crippen LogP contribution in [0, 0.1) is 5.92 Å². The molecule has 18 heavy (non-hydrogen) atoms. The van der Waals surface area contributed by atoms with Gasteiger partial charge < -0.3 is 10.4 Å². The van der Waals surface area contributed by atoms with Crippen LogP contribution in [0.1, 0.15) is 30.6 Å². The highest BCUT2D eigenvalue weighted by Crippen LogP contribution is 2.31. The van der Waals surface area contributed by atoms with Gasteiger partial charge in [-0.1, -0.05) is 19.1 Å². The Bertz CT molecular complexity index is 419. The molecule has 3 atom stereocenters. The lowest BCUT2D eigenvalue weighted by molar-refractivity contribution is -0.137. The van der Waals surface area contributed by atoms with Crippen LogP contribution < -0.4 is 5.32 Å². The van der Waals surface area contributed by atoms with Crippen molar-refractivity contribution in [1.29, 1.82) is 0 Å². The van der Waals surface area contributed by atoms with Crippen molar-refractivity contribution in [2.45, 2.75) is 31.7 Å². The number of aliphatic hydroxyl groups is 1. The maximum absolute atomic E-state index is 12.5. The molecule has 1 aliphatic carbocycles. The Morgan fingerprint density at radius 1 is 1.44 bits per heavy atom. The minimum Gasteiger partial charge on any atom is -0.387 e. The van der Waals surface area contributed by atoms with Crippen molar-refractivity contribution in [1.82, 2.24) is 5.32 Å². The average Bonchev–Trinajstić information content (AvgIpc) is 3.01. The van der Waals surface area contributed by atoms with Crippen molar-refractivity contribution >= 4 is 0 Å². The zero-order valence-electron chi connectivity index (χ0n) is 10.0. The number of benzene rings is 1. The van der Waals surface area contributed by atoms with Gasteiger partial charge in [-0.05, 0) is 30.0 Å². The summed E-state index contributed by atoms with van der Waals surface area (Å²) in [7, 11) is 0. The smallest absolute Gasteiger partial charge is 0.387 e. The number of alkyl halides is 3. The van der Waals surface area contributed by atoms with E-state index in [0.29, 0.717) is 17.5 Å². The summed E-state index contributed by atoms with van der Waals surface area (Å²) in [6.45, 7) is 2.38. The fourth-order valence-corrected chi connectivity index (χ4v) is 1.91. The molecule has 3 unspecified atom stereocenters. The first-order valence-corrected chi connectivity index (χ1v) is 5.96. The van der Waals surface area contributed by atoms with Gasteiger partial charge in [-0.3, -0.25) is 0 Å². The van der Waals surface area contributed by atoms with Crippen LogP contribution in [0.25, 0.3) is 0 Å². The highest BCUT2D eigenvalue weighted by Gasteiger charge is 2.33. The Morgan fingerprint density at radius 3 is 2.67 bits per heavy atom. The van der Waals surface area contributed by atoms with E-state index < -0.39 is 17.8 Å². The molecule has 5 heteroatoms. The van der Waals surface area contributed by atoms with Gasteiger partial charge in [-0.15, -0.1) is 0 Å². The van der Waals surface area contributed by atoms with Crippen LogP contribution in [0.2, 0.25) is 0 Å². The van der Waals surface area contributed by atoms with Crippen molar-refractivity contribution in [3.05, 3.63) is 35.4 Å². The van der Waals surface area contributed by atoms with E-state index in [1.165, 1.54) is 12.1 Å². The first kappa shape index (κ1) is 13.4. The molecule has 0 aliphatic heterocycles. The van der Waals surface area contributed by atoms with Gasteiger partial charge in [0.15, 0.2) is 0 Å². The van der Waals surface area contributed by atoms with Crippen LogP contribution in [-0.2, 0) is 6.18 Å². The molecule has 0 radical (unpaired) electrons. The lowest BCUT2D eigenvalue weighted by atomic mass is 10.1. The lowest BCUT2D eigenvalue weighted by Gasteiger charge is -2.14. The summed E-state index contributed by atoms with van der Waals surface area (Å²) in [5, 5.41) is 13.0. The summed E-state index contributed by atoms with van der Waals surface area (Å²) in [5.74, 6) is 0.596. The van der Waals surface area contributed by atoms with Gasteiger partial charge >= 0.3 is 6.18 Å². The highest BCUT2D eigenvalue weighted by atomic mass is 19.4. The summed E-state index contributed by atoms with van der Waals surface area (Å²) in [6, 6.07) is 5.24. The van der Waals surface area contributed by atoms with Crippen LogP contribution in [0.15, 0.2) is 24.3 Å². The predicted molar refractivity (Wildman–Crippen MR) is 62.0 cm³/mol. The predicted octanol–water partition coefficient (Wildman–Crippen LogP) is 2.74. The molecule has 0 spiro atoms. The Labute approximate surface area is 104 Å².